The van der Waals surface area contributed by atoms with E-state index < -0.39 is 16.0 Å². The molecule has 1 aromatic carbocycles. The number of amides is 1. The van der Waals surface area contributed by atoms with E-state index in [9.17, 15) is 23.1 Å². The third kappa shape index (κ3) is 3.32. The van der Waals surface area contributed by atoms with Gasteiger partial charge in [-0.25, -0.2) is 18.2 Å². The molecule has 0 aliphatic rings. The van der Waals surface area contributed by atoms with Crippen molar-refractivity contribution in [3.63, 3.8) is 0 Å². The van der Waals surface area contributed by atoms with Crippen LogP contribution in [0.15, 0.2) is 34.7 Å². The summed E-state index contributed by atoms with van der Waals surface area (Å²) in [5, 5.41) is 12.3. The van der Waals surface area contributed by atoms with E-state index >= 15 is 0 Å². The number of benzene rings is 1. The number of aromatic nitrogens is 2. The lowest BCUT2D eigenvalue weighted by molar-refractivity contribution is -0.114. The lowest BCUT2D eigenvalue weighted by Crippen LogP contribution is -2.14. The summed E-state index contributed by atoms with van der Waals surface area (Å²) in [5.41, 5.74) is 0.162. The fraction of sp³-hybridized carbons (Fsp3) is 0.0714. The number of carboxylic acids is 1. The molecule has 0 saturated carbocycles. The van der Waals surface area contributed by atoms with Gasteiger partial charge in [-0.05, 0) is 6.07 Å². The Bertz CT molecular complexity index is 1080. The fourth-order valence-corrected chi connectivity index (χ4v) is 4.35. The van der Waals surface area contributed by atoms with Crippen LogP contribution in [0, 0.1) is 0 Å². The average molecular weight is 380 g/mol. The highest BCUT2D eigenvalue weighted by Crippen LogP contribution is 2.31. The van der Waals surface area contributed by atoms with E-state index in [1.807, 2.05) is 0 Å². The highest BCUT2D eigenvalue weighted by atomic mass is 32.2. The van der Waals surface area contributed by atoms with Gasteiger partial charge in [-0.1, -0.05) is 29.5 Å². The summed E-state index contributed by atoms with van der Waals surface area (Å²) < 4.78 is 27.3. The topological polar surface area (TPSA) is 141 Å². The van der Waals surface area contributed by atoms with E-state index in [2.05, 4.69) is 20.0 Å². The number of hydrogen-bond acceptors (Lipinski definition) is 6. The minimum atomic E-state index is -4.07. The minimum absolute atomic E-state index is 0.0578. The molecule has 2 heterocycles. The van der Waals surface area contributed by atoms with Crippen LogP contribution >= 0.6 is 11.3 Å². The van der Waals surface area contributed by atoms with Crippen molar-refractivity contribution in [1.82, 2.24) is 9.97 Å². The maximum Gasteiger partial charge on any atom is 0.354 e. The van der Waals surface area contributed by atoms with Gasteiger partial charge in [0.1, 0.15) is 5.69 Å². The van der Waals surface area contributed by atoms with Gasteiger partial charge in [0, 0.05) is 17.8 Å². The highest BCUT2D eigenvalue weighted by molar-refractivity contribution is 7.94. The lowest BCUT2D eigenvalue weighted by Gasteiger charge is -2.06. The number of hydrogen-bond donors (Lipinski definition) is 4. The predicted molar refractivity (Wildman–Crippen MR) is 92.5 cm³/mol. The second-order valence-electron chi connectivity index (χ2n) is 5.00. The first-order chi connectivity index (χ1) is 11.8. The molecule has 0 aliphatic carbocycles. The number of para-hydroxylation sites is 1. The summed E-state index contributed by atoms with van der Waals surface area (Å²) in [6.45, 7) is 1.28. The van der Waals surface area contributed by atoms with Gasteiger partial charge in [0.25, 0.3) is 10.0 Å². The maximum absolute atomic E-state index is 12.6. The number of H-pyrrole nitrogens is 1. The zero-order valence-electron chi connectivity index (χ0n) is 12.7. The smallest absolute Gasteiger partial charge is 0.354 e. The Morgan fingerprint density at radius 3 is 2.68 bits per heavy atom. The molecule has 11 heteroatoms. The van der Waals surface area contributed by atoms with E-state index in [0.717, 1.165) is 17.5 Å². The Morgan fingerprint density at radius 1 is 1.28 bits per heavy atom. The van der Waals surface area contributed by atoms with Crippen LogP contribution < -0.4 is 10.0 Å². The van der Waals surface area contributed by atoms with Crippen LogP contribution in [0.25, 0.3) is 10.9 Å². The van der Waals surface area contributed by atoms with Crippen LogP contribution in [0.2, 0.25) is 0 Å². The van der Waals surface area contributed by atoms with Gasteiger partial charge in [0.05, 0.1) is 11.9 Å². The number of carbonyl (C=O) groups is 2. The number of aromatic carboxylic acids is 1. The molecule has 1 amide bonds. The average Bonchev–Trinajstić information content (AvgIpc) is 3.12. The van der Waals surface area contributed by atoms with E-state index in [1.54, 1.807) is 24.3 Å². The van der Waals surface area contributed by atoms with Crippen molar-refractivity contribution in [3.8, 4) is 0 Å². The van der Waals surface area contributed by atoms with E-state index in [-0.39, 0.29) is 26.6 Å². The second-order valence-corrected chi connectivity index (χ2v) is 7.94. The first kappa shape index (κ1) is 16.9. The predicted octanol–water partition coefficient (Wildman–Crippen LogP) is 2.08. The molecule has 9 nitrogen and oxygen atoms in total. The first-order valence-electron chi connectivity index (χ1n) is 6.88. The number of rotatable bonds is 5. The van der Waals surface area contributed by atoms with Gasteiger partial charge in [0.15, 0.2) is 9.34 Å². The van der Waals surface area contributed by atoms with Crippen molar-refractivity contribution in [2.24, 2.45) is 0 Å². The number of carboxylic acid groups (broad SMARTS) is 1. The molecule has 0 atom stereocenters. The standard InChI is InChI=1S/C14H12N4O5S2/c1-7(19)16-14-15-6-10(24-14)25(22,23)18-11-8-4-2-3-5-9(8)17-12(11)13(20)21/h2-6,17-18H,1H3,(H,20,21)(H,15,16,19). The fourth-order valence-electron chi connectivity index (χ4n) is 2.18. The second kappa shape index (κ2) is 6.18. The number of carbonyl (C=O) groups excluding carboxylic acids is 1. The van der Waals surface area contributed by atoms with Crippen LogP contribution in [-0.4, -0.2) is 35.4 Å². The molecule has 25 heavy (non-hydrogen) atoms. The van der Waals surface area contributed by atoms with Gasteiger partial charge >= 0.3 is 5.97 Å². The molecule has 3 aromatic rings. The normalized spacial score (nSPS) is 11.4. The van der Waals surface area contributed by atoms with Crippen LogP contribution in [0.4, 0.5) is 10.8 Å². The Morgan fingerprint density at radius 2 is 2.00 bits per heavy atom. The molecule has 0 spiro atoms. The summed E-state index contributed by atoms with van der Waals surface area (Å²) in [6.07, 6.45) is 1.09. The molecular formula is C14H12N4O5S2. The SMILES string of the molecule is CC(=O)Nc1ncc(S(=O)(=O)Nc2c(C(=O)O)[nH]c3ccccc23)s1. The van der Waals surface area contributed by atoms with E-state index in [0.29, 0.717) is 10.9 Å². The minimum Gasteiger partial charge on any atom is -0.477 e. The summed E-state index contributed by atoms with van der Waals surface area (Å²) in [5.74, 6) is -1.67. The molecule has 0 unspecified atom stereocenters. The number of nitrogens with one attached hydrogen (secondary N) is 3. The van der Waals surface area contributed by atoms with Crippen LogP contribution in [0.1, 0.15) is 17.4 Å². The molecule has 0 radical (unpaired) electrons. The number of anilines is 2. The maximum atomic E-state index is 12.6. The van der Waals surface area contributed by atoms with Crippen LogP contribution in [0.3, 0.4) is 0 Å². The number of nitrogens with zero attached hydrogens (tertiary/aromatic N) is 1. The van der Waals surface area contributed by atoms with Crippen LogP contribution in [-0.2, 0) is 14.8 Å². The Hall–Kier alpha value is -2.92. The summed E-state index contributed by atoms with van der Waals surface area (Å²) in [6, 6.07) is 6.61. The molecule has 0 aliphatic heterocycles. The molecule has 130 valence electrons. The largest absolute Gasteiger partial charge is 0.477 e. The van der Waals surface area contributed by atoms with Gasteiger partial charge in [0.2, 0.25) is 5.91 Å². The third-order valence-electron chi connectivity index (χ3n) is 3.19. The summed E-state index contributed by atoms with van der Waals surface area (Å²) in [4.78, 5) is 28.9. The lowest BCUT2D eigenvalue weighted by atomic mass is 10.2. The Labute approximate surface area is 145 Å². The third-order valence-corrected chi connectivity index (χ3v) is 5.91. The summed E-state index contributed by atoms with van der Waals surface area (Å²) in [7, 11) is -4.07. The molecule has 2 aromatic heterocycles. The van der Waals surface area contributed by atoms with Crippen molar-refractivity contribution in [2.45, 2.75) is 11.1 Å². The van der Waals surface area contributed by atoms with E-state index in [1.165, 1.54) is 6.92 Å². The number of aromatic amines is 1. The van der Waals surface area contributed by atoms with E-state index in [4.69, 9.17) is 0 Å². The Kier molecular flexibility index (Phi) is 4.18. The van der Waals surface area contributed by atoms with Crippen molar-refractivity contribution in [2.75, 3.05) is 10.0 Å². The zero-order valence-corrected chi connectivity index (χ0v) is 14.4. The number of thiazole rings is 1. The summed E-state index contributed by atoms with van der Waals surface area (Å²) >= 11 is 0.759. The van der Waals surface area contributed by atoms with Gasteiger partial charge in [-0.15, -0.1) is 0 Å². The van der Waals surface area contributed by atoms with Crippen molar-refractivity contribution < 1.29 is 23.1 Å². The quantitative estimate of drug-likeness (QED) is 0.534. The Balaban J connectivity index is 2.02. The molecule has 0 bridgehead atoms. The monoisotopic (exact) mass is 380 g/mol. The molecule has 0 saturated heterocycles. The molecule has 4 N–H and O–H groups in total. The van der Waals surface area contributed by atoms with Gasteiger partial charge in [-0.2, -0.15) is 0 Å². The number of sulfonamides is 1. The van der Waals surface area contributed by atoms with Gasteiger partial charge < -0.3 is 15.4 Å². The van der Waals surface area contributed by atoms with Crippen molar-refractivity contribution in [3.05, 3.63) is 36.2 Å². The van der Waals surface area contributed by atoms with Crippen LogP contribution in [0.5, 0.6) is 0 Å². The molecular weight excluding hydrogens is 368 g/mol. The zero-order chi connectivity index (χ0) is 18.2. The molecule has 3 rings (SSSR count). The van der Waals surface area contributed by atoms with Crippen molar-refractivity contribution >= 4 is 55.0 Å². The number of fused-ring (bicyclic) bond motifs is 1. The van der Waals surface area contributed by atoms with Gasteiger partial charge in [-0.3, -0.25) is 9.52 Å². The molecule has 0 fully saturated rings. The van der Waals surface area contributed by atoms with Crippen molar-refractivity contribution in [1.29, 1.82) is 0 Å². The first-order valence-corrected chi connectivity index (χ1v) is 9.18. The highest BCUT2D eigenvalue weighted by Gasteiger charge is 2.24.